The van der Waals surface area contributed by atoms with Crippen molar-refractivity contribution in [2.75, 3.05) is 24.2 Å². The molecule has 4 rings (SSSR count). The van der Waals surface area contributed by atoms with Crippen LogP contribution in [0.2, 0.25) is 0 Å². The van der Waals surface area contributed by atoms with E-state index in [-0.39, 0.29) is 22.1 Å². The molecule has 0 aliphatic carbocycles. The van der Waals surface area contributed by atoms with Crippen LogP contribution in [0.1, 0.15) is 26.8 Å². The van der Waals surface area contributed by atoms with Crippen LogP contribution in [0.15, 0.2) is 65.7 Å². The van der Waals surface area contributed by atoms with Crippen molar-refractivity contribution >= 4 is 38.0 Å². The second-order valence-corrected chi connectivity index (χ2v) is 9.96. The summed E-state index contributed by atoms with van der Waals surface area (Å²) in [4.78, 5) is 32.2. The van der Waals surface area contributed by atoms with Gasteiger partial charge in [-0.3, -0.25) is 9.59 Å². The zero-order valence-electron chi connectivity index (χ0n) is 16.1. The molecule has 1 amide bonds. The predicted octanol–water partition coefficient (Wildman–Crippen LogP) is 2.46. The molecule has 0 spiro atoms. The molecule has 1 unspecified atom stereocenters. The van der Waals surface area contributed by atoms with Crippen LogP contribution in [0, 0.1) is 0 Å². The number of hydrogen-bond acceptors (Lipinski definition) is 7. The van der Waals surface area contributed by atoms with Crippen LogP contribution in [0.25, 0.3) is 0 Å². The van der Waals surface area contributed by atoms with Crippen molar-refractivity contribution in [2.45, 2.75) is 10.9 Å². The van der Waals surface area contributed by atoms with E-state index in [9.17, 15) is 18.0 Å². The Bertz CT molecular complexity index is 1210. The van der Waals surface area contributed by atoms with Crippen molar-refractivity contribution in [1.29, 1.82) is 0 Å². The summed E-state index contributed by atoms with van der Waals surface area (Å²) in [7, 11) is -3.41. The number of rotatable bonds is 5. The standard InChI is InChI=1S/C21H19N3O4S2/c1-30(27,28)16-9-5-8-15(12-16)19(25)17-13-23-21(29-17)24-11-10-22-20(26)18(24)14-6-3-2-4-7-14/h2-9,12-13,18H,10-11H2,1H3,(H,22,26). The van der Waals surface area contributed by atoms with Crippen molar-refractivity contribution in [1.82, 2.24) is 10.3 Å². The minimum Gasteiger partial charge on any atom is -0.352 e. The fourth-order valence-electron chi connectivity index (χ4n) is 3.35. The van der Waals surface area contributed by atoms with Crippen LogP contribution in [0.5, 0.6) is 0 Å². The number of nitrogens with zero attached hydrogens (tertiary/aromatic N) is 2. The van der Waals surface area contributed by atoms with E-state index in [0.717, 1.165) is 11.8 Å². The molecule has 3 aromatic rings. The van der Waals surface area contributed by atoms with Crippen LogP contribution in [-0.4, -0.2) is 44.4 Å². The van der Waals surface area contributed by atoms with Gasteiger partial charge in [-0.1, -0.05) is 53.8 Å². The molecule has 1 aliphatic rings. The van der Waals surface area contributed by atoms with Gasteiger partial charge in [0, 0.05) is 24.9 Å². The van der Waals surface area contributed by atoms with Gasteiger partial charge in [-0.05, 0) is 17.7 Å². The van der Waals surface area contributed by atoms with E-state index < -0.39 is 15.9 Å². The SMILES string of the molecule is CS(=O)(=O)c1cccc(C(=O)c2cnc(N3CCNC(=O)C3c3ccccc3)s2)c1. The number of benzene rings is 2. The van der Waals surface area contributed by atoms with Crippen LogP contribution in [0.3, 0.4) is 0 Å². The Kier molecular flexibility index (Phi) is 5.40. The first-order valence-electron chi connectivity index (χ1n) is 9.24. The van der Waals surface area contributed by atoms with Gasteiger partial charge in [-0.2, -0.15) is 0 Å². The number of ketones is 1. The molecule has 1 aromatic heterocycles. The average Bonchev–Trinajstić information content (AvgIpc) is 3.23. The highest BCUT2D eigenvalue weighted by Crippen LogP contribution is 2.33. The lowest BCUT2D eigenvalue weighted by molar-refractivity contribution is -0.123. The van der Waals surface area contributed by atoms with Crippen molar-refractivity contribution in [3.8, 4) is 0 Å². The van der Waals surface area contributed by atoms with Crippen LogP contribution < -0.4 is 10.2 Å². The fraction of sp³-hybridized carbons (Fsp3) is 0.190. The molecule has 1 saturated heterocycles. The summed E-state index contributed by atoms with van der Waals surface area (Å²) in [5, 5.41) is 3.45. The van der Waals surface area contributed by atoms with Crippen molar-refractivity contribution in [3.05, 3.63) is 76.8 Å². The molecule has 0 bridgehead atoms. The maximum absolute atomic E-state index is 12.9. The summed E-state index contributed by atoms with van der Waals surface area (Å²) in [6.45, 7) is 1.05. The van der Waals surface area contributed by atoms with Gasteiger partial charge < -0.3 is 10.2 Å². The van der Waals surface area contributed by atoms with E-state index in [1.807, 2.05) is 35.2 Å². The number of carbonyl (C=O) groups is 2. The molecule has 7 nitrogen and oxygen atoms in total. The van der Waals surface area contributed by atoms with Crippen molar-refractivity contribution in [2.24, 2.45) is 0 Å². The van der Waals surface area contributed by atoms with Gasteiger partial charge in [0.25, 0.3) is 0 Å². The minimum atomic E-state index is -3.41. The van der Waals surface area contributed by atoms with Crippen LogP contribution in [-0.2, 0) is 14.6 Å². The average molecular weight is 442 g/mol. The minimum absolute atomic E-state index is 0.0925. The quantitative estimate of drug-likeness (QED) is 0.611. The third kappa shape index (κ3) is 3.99. The van der Waals surface area contributed by atoms with E-state index in [2.05, 4.69) is 10.3 Å². The van der Waals surface area contributed by atoms with Gasteiger partial charge in [0.1, 0.15) is 6.04 Å². The van der Waals surface area contributed by atoms with Gasteiger partial charge in [0.2, 0.25) is 11.7 Å². The molecule has 30 heavy (non-hydrogen) atoms. The first-order valence-corrected chi connectivity index (χ1v) is 12.0. The van der Waals surface area contributed by atoms with Gasteiger partial charge in [0.15, 0.2) is 15.0 Å². The van der Waals surface area contributed by atoms with Gasteiger partial charge in [0.05, 0.1) is 16.0 Å². The summed E-state index contributed by atoms with van der Waals surface area (Å²) in [5.74, 6) is -0.418. The largest absolute Gasteiger partial charge is 0.352 e. The zero-order valence-corrected chi connectivity index (χ0v) is 17.7. The highest BCUT2D eigenvalue weighted by molar-refractivity contribution is 7.90. The third-order valence-corrected chi connectivity index (χ3v) is 6.96. The summed E-state index contributed by atoms with van der Waals surface area (Å²) in [6.07, 6.45) is 2.58. The second kappa shape index (κ2) is 8.00. The lowest BCUT2D eigenvalue weighted by Crippen LogP contribution is -2.50. The number of hydrogen-bond donors (Lipinski definition) is 1. The van der Waals surface area contributed by atoms with E-state index in [1.165, 1.54) is 29.7 Å². The Hall–Kier alpha value is -3.04. The fourth-order valence-corrected chi connectivity index (χ4v) is 4.95. The monoisotopic (exact) mass is 441 g/mol. The normalized spacial score (nSPS) is 16.9. The maximum atomic E-state index is 12.9. The second-order valence-electron chi connectivity index (χ2n) is 6.93. The van der Waals surface area contributed by atoms with E-state index in [0.29, 0.717) is 23.1 Å². The summed E-state index contributed by atoms with van der Waals surface area (Å²) in [6, 6.07) is 14.9. The topological polar surface area (TPSA) is 96.4 Å². The van der Waals surface area contributed by atoms with Crippen LogP contribution in [0.4, 0.5) is 5.13 Å². The zero-order chi connectivity index (χ0) is 21.3. The van der Waals surface area contributed by atoms with Gasteiger partial charge in [-0.25, -0.2) is 13.4 Å². The lowest BCUT2D eigenvalue weighted by atomic mass is 10.0. The molecule has 2 heterocycles. The Labute approximate surface area is 178 Å². The first-order chi connectivity index (χ1) is 14.3. The summed E-state index contributed by atoms with van der Waals surface area (Å²) < 4.78 is 23.6. The number of anilines is 1. The molecular weight excluding hydrogens is 422 g/mol. The van der Waals surface area contributed by atoms with Gasteiger partial charge in [-0.15, -0.1) is 0 Å². The number of thiazole rings is 1. The molecule has 1 atom stereocenters. The van der Waals surface area contributed by atoms with Gasteiger partial charge >= 0.3 is 0 Å². The molecule has 1 aliphatic heterocycles. The summed E-state index contributed by atoms with van der Waals surface area (Å²) in [5.41, 5.74) is 1.13. The highest BCUT2D eigenvalue weighted by Gasteiger charge is 2.33. The molecule has 9 heteroatoms. The number of amides is 1. The predicted molar refractivity (Wildman–Crippen MR) is 115 cm³/mol. The Balaban J connectivity index is 1.65. The summed E-state index contributed by atoms with van der Waals surface area (Å²) >= 11 is 1.19. The first kappa shape index (κ1) is 20.2. The number of piperazine rings is 1. The van der Waals surface area contributed by atoms with Crippen LogP contribution >= 0.6 is 11.3 Å². The molecule has 1 N–H and O–H groups in total. The van der Waals surface area contributed by atoms with E-state index in [4.69, 9.17) is 0 Å². The smallest absolute Gasteiger partial charge is 0.247 e. The highest BCUT2D eigenvalue weighted by atomic mass is 32.2. The Morgan fingerprint density at radius 3 is 2.67 bits per heavy atom. The number of aromatic nitrogens is 1. The number of carbonyl (C=O) groups excluding carboxylic acids is 2. The third-order valence-electron chi connectivity index (χ3n) is 4.81. The molecule has 0 radical (unpaired) electrons. The molecular formula is C21H19N3O4S2. The molecule has 154 valence electrons. The maximum Gasteiger partial charge on any atom is 0.247 e. The lowest BCUT2D eigenvalue weighted by Gasteiger charge is -2.35. The Morgan fingerprint density at radius 1 is 1.17 bits per heavy atom. The Morgan fingerprint density at radius 2 is 1.93 bits per heavy atom. The van der Waals surface area contributed by atoms with Crippen molar-refractivity contribution < 1.29 is 18.0 Å². The number of sulfone groups is 1. The number of nitrogens with one attached hydrogen (secondary N) is 1. The molecule has 1 fully saturated rings. The molecule has 2 aromatic carbocycles. The van der Waals surface area contributed by atoms with E-state index >= 15 is 0 Å². The van der Waals surface area contributed by atoms with Crippen molar-refractivity contribution in [3.63, 3.8) is 0 Å². The van der Waals surface area contributed by atoms with E-state index in [1.54, 1.807) is 12.1 Å². The molecule has 0 saturated carbocycles.